The molecule has 0 spiro atoms. The third-order valence-electron chi connectivity index (χ3n) is 5.66. The average molecular weight is 424 g/mol. The Labute approximate surface area is 181 Å². The zero-order valence-electron chi connectivity index (χ0n) is 17.0. The highest BCUT2D eigenvalue weighted by atomic mass is 35.5. The van der Waals surface area contributed by atoms with Crippen LogP contribution in [0, 0.1) is 0 Å². The Morgan fingerprint density at radius 1 is 1.17 bits per heavy atom. The van der Waals surface area contributed by atoms with E-state index in [1.807, 2.05) is 24.4 Å². The lowest BCUT2D eigenvalue weighted by atomic mass is 9.91. The molecule has 1 aromatic heterocycles. The Kier molecular flexibility index (Phi) is 5.47. The van der Waals surface area contributed by atoms with Gasteiger partial charge in [-0.3, -0.25) is 0 Å². The highest BCUT2D eigenvalue weighted by molar-refractivity contribution is 5.85. The summed E-state index contributed by atoms with van der Waals surface area (Å²) < 4.78 is 5.86. The van der Waals surface area contributed by atoms with Crippen molar-refractivity contribution in [1.29, 1.82) is 0 Å². The number of allylic oxidation sites excluding steroid dienone is 3. The molecular weight excluding hydrogens is 400 g/mol. The lowest BCUT2D eigenvalue weighted by Crippen LogP contribution is -2.42. The van der Waals surface area contributed by atoms with Gasteiger partial charge in [-0.25, -0.2) is 0 Å². The van der Waals surface area contributed by atoms with Gasteiger partial charge in [0, 0.05) is 18.2 Å². The summed E-state index contributed by atoms with van der Waals surface area (Å²) >= 11 is 0. The molecule has 7 heteroatoms. The van der Waals surface area contributed by atoms with Crippen LogP contribution in [0.2, 0.25) is 0 Å². The van der Waals surface area contributed by atoms with E-state index in [1.165, 1.54) is 16.7 Å². The van der Waals surface area contributed by atoms with Crippen molar-refractivity contribution >= 4 is 30.1 Å². The third kappa shape index (κ3) is 3.04. The molecule has 0 amide bonds. The fourth-order valence-electron chi connectivity index (χ4n) is 4.30. The molecule has 6 nitrogen and oxygen atoms in total. The second kappa shape index (κ2) is 8.07. The number of nitrogens with one attached hydrogen (secondary N) is 1. The molecule has 154 valence electrons. The maximum atomic E-state index is 6.06. The second-order valence-electron chi connectivity index (χ2n) is 7.25. The summed E-state index contributed by atoms with van der Waals surface area (Å²) in [6, 6.07) is 10.3. The summed E-state index contributed by atoms with van der Waals surface area (Å²) in [6.07, 6.45) is 12.3. The van der Waals surface area contributed by atoms with Crippen LogP contribution in [-0.2, 0) is 16.1 Å². The van der Waals surface area contributed by atoms with Crippen LogP contribution in [-0.4, -0.2) is 29.1 Å². The van der Waals surface area contributed by atoms with Crippen LogP contribution in [0.3, 0.4) is 0 Å². The number of ether oxygens (including phenoxy) is 1. The van der Waals surface area contributed by atoms with E-state index in [0.717, 1.165) is 40.7 Å². The molecule has 3 heterocycles. The Morgan fingerprint density at radius 2 is 2.00 bits per heavy atom. The van der Waals surface area contributed by atoms with Crippen LogP contribution in [0.25, 0.3) is 11.9 Å². The first-order chi connectivity index (χ1) is 14.3. The topological polar surface area (TPSA) is 56.3 Å². The van der Waals surface area contributed by atoms with Gasteiger partial charge in [0.05, 0.1) is 30.9 Å². The number of methoxy groups -OCH3 is 1. The van der Waals surface area contributed by atoms with Crippen LogP contribution < -0.4 is 15.8 Å². The number of rotatable bonds is 5. The van der Waals surface area contributed by atoms with Crippen molar-refractivity contribution in [1.82, 2.24) is 10.2 Å². The lowest BCUT2D eigenvalue weighted by Gasteiger charge is -2.34. The van der Waals surface area contributed by atoms with Gasteiger partial charge in [-0.05, 0) is 24.0 Å². The van der Waals surface area contributed by atoms with Crippen LogP contribution in [0.1, 0.15) is 18.4 Å². The smallest absolute Gasteiger partial charge is 0.335 e. The number of nitrogens with zero attached hydrogens (tertiary/aromatic N) is 3. The van der Waals surface area contributed by atoms with Gasteiger partial charge in [0.25, 0.3) is 0 Å². The molecule has 0 fully saturated rings. The van der Waals surface area contributed by atoms with Gasteiger partial charge in [-0.15, -0.1) is 17.5 Å². The number of halogens is 1. The van der Waals surface area contributed by atoms with Crippen molar-refractivity contribution in [2.75, 3.05) is 19.5 Å². The van der Waals surface area contributed by atoms with Gasteiger partial charge < -0.3 is 10.1 Å². The van der Waals surface area contributed by atoms with E-state index in [2.05, 4.69) is 45.9 Å². The van der Waals surface area contributed by atoms with Gasteiger partial charge in [-0.2, -0.15) is 9.94 Å². The Bertz CT molecular complexity index is 1190. The zero-order chi connectivity index (χ0) is 19.8. The molecule has 0 bridgehead atoms. The van der Waals surface area contributed by atoms with Crippen molar-refractivity contribution in [3.8, 4) is 0 Å². The molecule has 1 N–H and O–H groups in total. The maximum Gasteiger partial charge on any atom is 0.335 e. The minimum Gasteiger partial charge on any atom is -0.452 e. The van der Waals surface area contributed by atoms with Crippen LogP contribution in [0.4, 0.5) is 5.82 Å². The van der Waals surface area contributed by atoms with Gasteiger partial charge in [0.2, 0.25) is 0 Å². The summed E-state index contributed by atoms with van der Waals surface area (Å²) in [7, 11) is 3.39. The lowest BCUT2D eigenvalue weighted by molar-refractivity contribution is -0.962. The molecule has 2 aromatic rings. The number of hydroxylamine groups is 3. The SMILES string of the molecule is COC1=CC2=C(C=CCC2)C2=c3c(NCc4ccccc4)nncc3=C[N+]12OC.Cl. The van der Waals surface area contributed by atoms with Crippen molar-refractivity contribution in [2.45, 2.75) is 19.4 Å². The predicted molar refractivity (Wildman–Crippen MR) is 118 cm³/mol. The van der Waals surface area contributed by atoms with E-state index in [0.29, 0.717) is 6.54 Å². The quantitative estimate of drug-likeness (QED) is 0.749. The summed E-state index contributed by atoms with van der Waals surface area (Å²) in [4.78, 5) is 6.06. The number of aromatic nitrogens is 2. The first-order valence-electron chi connectivity index (χ1n) is 9.75. The molecular formula is C23H24ClN4O2+. The number of hydrogen-bond donors (Lipinski definition) is 1. The highest BCUT2D eigenvalue weighted by Gasteiger charge is 2.49. The highest BCUT2D eigenvalue weighted by Crippen LogP contribution is 2.43. The largest absolute Gasteiger partial charge is 0.452 e. The number of benzene rings is 1. The summed E-state index contributed by atoms with van der Waals surface area (Å²) in [5, 5.41) is 14.1. The molecule has 1 aliphatic carbocycles. The molecule has 0 radical (unpaired) electrons. The van der Waals surface area contributed by atoms with Crippen LogP contribution >= 0.6 is 12.4 Å². The normalized spacial score (nSPS) is 21.0. The molecule has 2 aliphatic heterocycles. The number of fused-ring (bicyclic) bond motifs is 3. The summed E-state index contributed by atoms with van der Waals surface area (Å²) in [5.41, 5.74) is 4.64. The van der Waals surface area contributed by atoms with Gasteiger partial charge >= 0.3 is 5.88 Å². The van der Waals surface area contributed by atoms with E-state index in [1.54, 1.807) is 20.4 Å². The van der Waals surface area contributed by atoms with Crippen molar-refractivity contribution < 1.29 is 14.2 Å². The fraction of sp³-hybridized carbons (Fsp3) is 0.217. The Hall–Kier alpha value is -2.93. The van der Waals surface area contributed by atoms with E-state index < -0.39 is 0 Å². The molecule has 5 rings (SSSR count). The van der Waals surface area contributed by atoms with Crippen molar-refractivity contribution in [3.63, 3.8) is 0 Å². The standard InChI is InChI=1S/C23H23N4O2.ClH/c1-28-20-12-17-10-6-7-11-19(17)22-21-18(15-27(20,22)29-2)14-25-26-23(21)24-13-16-8-4-3-5-9-16;/h3-5,7-9,11-12,14-15H,6,10,13H2,1-2H3,(H,24,26);1H/q+1;. The van der Waals surface area contributed by atoms with E-state index in [-0.39, 0.29) is 17.1 Å². The minimum atomic E-state index is 0. The third-order valence-corrected chi connectivity index (χ3v) is 5.66. The number of anilines is 1. The molecule has 0 saturated carbocycles. The van der Waals surface area contributed by atoms with Crippen molar-refractivity contribution in [2.24, 2.45) is 0 Å². The van der Waals surface area contributed by atoms with Crippen molar-refractivity contribution in [3.05, 3.63) is 87.8 Å². The van der Waals surface area contributed by atoms with Gasteiger partial charge in [0.15, 0.2) is 17.7 Å². The minimum absolute atomic E-state index is 0. The molecule has 3 aliphatic rings. The van der Waals surface area contributed by atoms with E-state index in [4.69, 9.17) is 9.57 Å². The number of hydrogen-bond acceptors (Lipinski definition) is 5. The van der Waals surface area contributed by atoms with Crippen LogP contribution in [0.5, 0.6) is 0 Å². The fourth-order valence-corrected chi connectivity index (χ4v) is 4.30. The van der Waals surface area contributed by atoms with Gasteiger partial charge in [0.1, 0.15) is 0 Å². The van der Waals surface area contributed by atoms with Crippen LogP contribution in [0.15, 0.2) is 71.8 Å². The summed E-state index contributed by atoms with van der Waals surface area (Å²) in [5.74, 6) is 1.49. The monoisotopic (exact) mass is 423 g/mol. The molecule has 30 heavy (non-hydrogen) atoms. The zero-order valence-corrected chi connectivity index (χ0v) is 17.8. The second-order valence-corrected chi connectivity index (χ2v) is 7.25. The molecule has 0 saturated heterocycles. The average Bonchev–Trinajstić information content (AvgIpc) is 3.14. The Morgan fingerprint density at radius 3 is 2.77 bits per heavy atom. The van der Waals surface area contributed by atoms with E-state index in [9.17, 15) is 0 Å². The van der Waals surface area contributed by atoms with E-state index >= 15 is 0 Å². The summed E-state index contributed by atoms with van der Waals surface area (Å²) in [6.45, 7) is 0.668. The van der Waals surface area contributed by atoms with Gasteiger partial charge in [-0.1, -0.05) is 47.1 Å². The molecule has 1 unspecified atom stereocenters. The first-order valence-corrected chi connectivity index (χ1v) is 9.75. The molecule has 1 atom stereocenters. The maximum absolute atomic E-state index is 6.06. The first kappa shape index (κ1) is 20.3. The Balaban J connectivity index is 0.00000218. The predicted octanol–water partition coefficient (Wildman–Crippen LogP) is 2.90. The molecule has 1 aromatic carbocycles. The number of quaternary nitrogens is 1.